The Morgan fingerprint density at radius 2 is 0.687 bits per heavy atom. The van der Waals surface area contributed by atoms with Gasteiger partial charge in [0.2, 0.25) is 0 Å². The highest BCUT2D eigenvalue weighted by molar-refractivity contribution is 8.08. The molecule has 1 aliphatic heterocycles. The Morgan fingerprint density at radius 3 is 1.18 bits per heavy atom. The number of nitrogens with zero attached hydrogens (tertiary/aromatic N) is 2. The van der Waals surface area contributed by atoms with E-state index in [9.17, 15) is 0 Å². The Morgan fingerprint density at radius 1 is 0.299 bits per heavy atom. The predicted octanol–water partition coefficient (Wildman–Crippen LogP) is 17.9. The van der Waals surface area contributed by atoms with Crippen LogP contribution in [-0.2, 0) is 0 Å². The SMILES string of the molecule is C1=C(c2ccc(-c3cc4c5ccccc5n5c6cc(-c7ccccc7)ccc6c(c3)c45)cc2)SC(c2ccc(-c3cc4c5ccccc5n5c6cc(-c7ccccc7)ccc6c(c3)c45)cc2)C1. The first-order valence-corrected chi connectivity index (χ1v) is 24.2. The molecule has 0 radical (unpaired) electrons. The van der Waals surface area contributed by atoms with Gasteiger partial charge >= 0.3 is 0 Å². The van der Waals surface area contributed by atoms with Crippen LogP contribution in [0, 0.1) is 0 Å². The summed E-state index contributed by atoms with van der Waals surface area (Å²) in [6.07, 6.45) is 3.46. The van der Waals surface area contributed by atoms with Gasteiger partial charge in [-0.05, 0) is 111 Å². The largest absolute Gasteiger partial charge is 0.308 e. The van der Waals surface area contributed by atoms with Crippen LogP contribution in [0.3, 0.4) is 0 Å². The van der Waals surface area contributed by atoms with Crippen LogP contribution in [-0.4, -0.2) is 8.80 Å². The summed E-state index contributed by atoms with van der Waals surface area (Å²) in [5.74, 6) is 0. The molecule has 0 aliphatic carbocycles. The van der Waals surface area contributed by atoms with E-state index in [0.29, 0.717) is 5.25 Å². The van der Waals surface area contributed by atoms with E-state index in [1.165, 1.54) is 137 Å². The molecule has 5 heterocycles. The second kappa shape index (κ2) is 14.2. The lowest BCUT2D eigenvalue weighted by Gasteiger charge is -2.12. The third kappa shape index (κ3) is 5.53. The number of benzene rings is 10. The standard InChI is InChI=1S/C64H40N2S/c1-3-11-39(12-4-1)45-27-29-51-55-35-47(33-53-49-15-7-9-17-57(49)65(63(53)55)59(51)37-45)41-19-23-43(24-20-41)61-31-32-62(67-61)44-25-21-42(22-26-44)48-34-54-50-16-8-10-18-58(50)66-60-38-46(40-13-5-2-6-14-40)28-30-52(60)56(36-48)64(54)66/h1-31,33-38,62H,32H2. The Bertz CT molecular complexity index is 4290. The molecule has 1 atom stereocenters. The van der Waals surface area contributed by atoms with Crippen molar-refractivity contribution in [1.82, 2.24) is 8.80 Å². The van der Waals surface area contributed by atoms with Gasteiger partial charge in [0.05, 0.1) is 33.1 Å². The van der Waals surface area contributed by atoms with Crippen molar-refractivity contribution in [2.75, 3.05) is 0 Å². The first kappa shape index (κ1) is 37.1. The Kier molecular flexibility index (Phi) is 7.87. The van der Waals surface area contributed by atoms with Crippen LogP contribution in [0.2, 0.25) is 0 Å². The lowest BCUT2D eigenvalue weighted by molar-refractivity contribution is 0.991. The van der Waals surface area contributed by atoms with E-state index < -0.39 is 0 Å². The van der Waals surface area contributed by atoms with Crippen LogP contribution in [0.1, 0.15) is 22.8 Å². The molecule has 312 valence electrons. The number of fused-ring (bicyclic) bond motifs is 12. The van der Waals surface area contributed by atoms with Gasteiger partial charge in [-0.2, -0.15) is 0 Å². The van der Waals surface area contributed by atoms with Crippen LogP contribution in [0.25, 0.3) is 126 Å². The van der Waals surface area contributed by atoms with Crippen molar-refractivity contribution in [3.8, 4) is 44.5 Å². The van der Waals surface area contributed by atoms with Gasteiger partial charge in [-0.25, -0.2) is 0 Å². The molecule has 67 heavy (non-hydrogen) atoms. The highest BCUT2D eigenvalue weighted by Crippen LogP contribution is 2.50. The molecule has 0 fully saturated rings. The third-order valence-corrected chi connectivity index (χ3v) is 16.1. The molecule has 0 N–H and O–H groups in total. The molecule has 0 amide bonds. The summed E-state index contributed by atoms with van der Waals surface area (Å²) in [5, 5.41) is 10.8. The molecule has 1 unspecified atom stereocenters. The average molecular weight is 869 g/mol. The smallest absolute Gasteiger partial charge is 0.0620 e. The van der Waals surface area contributed by atoms with E-state index in [1.807, 2.05) is 11.8 Å². The molecule has 0 saturated carbocycles. The van der Waals surface area contributed by atoms with Gasteiger partial charge in [0.1, 0.15) is 0 Å². The van der Waals surface area contributed by atoms with E-state index in [2.05, 4.69) is 233 Å². The topological polar surface area (TPSA) is 8.82 Å². The molecule has 15 rings (SSSR count). The quantitative estimate of drug-likeness (QED) is 0.162. The highest BCUT2D eigenvalue weighted by Gasteiger charge is 2.24. The minimum absolute atomic E-state index is 0.388. The van der Waals surface area contributed by atoms with E-state index in [4.69, 9.17) is 0 Å². The van der Waals surface area contributed by atoms with Gasteiger partial charge in [-0.3, -0.25) is 0 Å². The number of hydrogen-bond donors (Lipinski definition) is 0. The summed E-state index contributed by atoms with van der Waals surface area (Å²) >= 11 is 1.99. The zero-order valence-corrected chi connectivity index (χ0v) is 37.3. The Hall–Kier alpha value is -8.11. The summed E-state index contributed by atoms with van der Waals surface area (Å²) in [6.45, 7) is 0. The Labute approximate surface area is 391 Å². The summed E-state index contributed by atoms with van der Waals surface area (Å²) < 4.78 is 4.97. The van der Waals surface area contributed by atoms with Crippen molar-refractivity contribution < 1.29 is 0 Å². The fraction of sp³-hybridized carbons (Fsp3) is 0.0312. The molecular formula is C64H40N2S. The number of thioether (sulfide) groups is 1. The summed E-state index contributed by atoms with van der Waals surface area (Å²) in [4.78, 5) is 1.36. The van der Waals surface area contributed by atoms with Gasteiger partial charge in [0, 0.05) is 53.2 Å². The number of para-hydroxylation sites is 2. The van der Waals surface area contributed by atoms with E-state index in [0.717, 1.165) is 6.42 Å². The second-order valence-electron chi connectivity index (χ2n) is 18.4. The molecule has 4 aromatic heterocycles. The Balaban J connectivity index is 0.727. The maximum absolute atomic E-state index is 2.49. The van der Waals surface area contributed by atoms with Gasteiger partial charge in [-0.1, -0.05) is 176 Å². The van der Waals surface area contributed by atoms with Crippen LogP contribution < -0.4 is 0 Å². The normalized spacial score (nSPS) is 14.4. The van der Waals surface area contributed by atoms with E-state index in [1.54, 1.807) is 0 Å². The lowest BCUT2D eigenvalue weighted by Crippen LogP contribution is -1.89. The molecule has 0 bridgehead atoms. The second-order valence-corrected chi connectivity index (χ2v) is 19.6. The molecule has 1 aliphatic rings. The summed E-state index contributed by atoms with van der Waals surface area (Å²) in [5.41, 5.74) is 20.3. The van der Waals surface area contributed by atoms with Gasteiger partial charge in [0.25, 0.3) is 0 Å². The molecule has 3 heteroatoms. The molecule has 14 aromatic rings. The van der Waals surface area contributed by atoms with Gasteiger partial charge < -0.3 is 8.80 Å². The van der Waals surface area contributed by atoms with E-state index in [-0.39, 0.29) is 0 Å². The molecule has 2 nitrogen and oxygen atoms in total. The monoisotopic (exact) mass is 868 g/mol. The van der Waals surface area contributed by atoms with Gasteiger partial charge in [0.15, 0.2) is 0 Å². The predicted molar refractivity (Wildman–Crippen MR) is 287 cm³/mol. The first-order valence-electron chi connectivity index (χ1n) is 23.3. The highest BCUT2D eigenvalue weighted by atomic mass is 32.2. The average Bonchev–Trinajstić information content (AvgIpc) is 4.23. The lowest BCUT2D eigenvalue weighted by atomic mass is 9.97. The minimum atomic E-state index is 0.388. The maximum Gasteiger partial charge on any atom is 0.0620 e. The summed E-state index contributed by atoms with van der Waals surface area (Å²) in [6, 6.07) is 81.5. The first-order chi connectivity index (χ1) is 33.2. The van der Waals surface area contributed by atoms with E-state index >= 15 is 0 Å². The van der Waals surface area contributed by atoms with Crippen molar-refractivity contribution in [3.05, 3.63) is 236 Å². The van der Waals surface area contributed by atoms with Gasteiger partial charge in [-0.15, -0.1) is 11.8 Å². The zero-order chi connectivity index (χ0) is 43.7. The fourth-order valence-electron chi connectivity index (χ4n) is 11.5. The molecule has 10 aromatic carbocycles. The van der Waals surface area contributed by atoms with Crippen molar-refractivity contribution in [2.24, 2.45) is 0 Å². The van der Waals surface area contributed by atoms with Crippen molar-refractivity contribution in [3.63, 3.8) is 0 Å². The zero-order valence-electron chi connectivity index (χ0n) is 36.4. The summed E-state index contributed by atoms with van der Waals surface area (Å²) in [7, 11) is 0. The number of hydrogen-bond acceptors (Lipinski definition) is 1. The maximum atomic E-state index is 2.49. The van der Waals surface area contributed by atoms with Crippen LogP contribution in [0.5, 0.6) is 0 Å². The van der Waals surface area contributed by atoms with Crippen LogP contribution in [0.15, 0.2) is 224 Å². The van der Waals surface area contributed by atoms with Crippen LogP contribution in [0.4, 0.5) is 0 Å². The number of rotatable bonds is 6. The number of allylic oxidation sites excluding steroid dienone is 1. The van der Waals surface area contributed by atoms with Crippen molar-refractivity contribution in [2.45, 2.75) is 11.7 Å². The van der Waals surface area contributed by atoms with Crippen LogP contribution >= 0.6 is 11.8 Å². The minimum Gasteiger partial charge on any atom is -0.308 e. The molecule has 0 spiro atoms. The molecule has 0 saturated heterocycles. The fourth-order valence-corrected chi connectivity index (χ4v) is 12.8. The van der Waals surface area contributed by atoms with Crippen molar-refractivity contribution >= 4 is 92.9 Å². The molecular weight excluding hydrogens is 829 g/mol. The third-order valence-electron chi connectivity index (χ3n) is 14.7. The number of aromatic nitrogens is 2. The van der Waals surface area contributed by atoms with Crippen molar-refractivity contribution in [1.29, 1.82) is 0 Å².